The van der Waals surface area contributed by atoms with Gasteiger partial charge < -0.3 is 9.47 Å². The number of nitrogens with zero attached hydrogens (tertiary/aromatic N) is 1. The predicted octanol–water partition coefficient (Wildman–Crippen LogP) is 5.73. The molecule has 0 saturated carbocycles. The molecule has 0 heterocycles. The summed E-state index contributed by atoms with van der Waals surface area (Å²) in [6, 6.07) is 13.7. The van der Waals surface area contributed by atoms with Crippen LogP contribution in [0.3, 0.4) is 0 Å². The van der Waals surface area contributed by atoms with Gasteiger partial charge in [-0.05, 0) is 64.3 Å². The van der Waals surface area contributed by atoms with Crippen LogP contribution in [0.2, 0.25) is 0 Å². The van der Waals surface area contributed by atoms with Crippen molar-refractivity contribution in [3.63, 3.8) is 0 Å². The van der Waals surface area contributed by atoms with Gasteiger partial charge in [0.15, 0.2) is 11.5 Å². The van der Waals surface area contributed by atoms with Crippen molar-refractivity contribution in [2.24, 2.45) is 0 Å². The molecule has 0 saturated heterocycles. The standard InChI is InChI=1S/C18H15Br2NO2/c1-2-22-17-11-14(4-3-9-21)10-16(20)18(17)23-12-13-5-7-15(19)8-6-13/h3-8,10-11H,2,12H2,1H3/b4-3+. The molecule has 23 heavy (non-hydrogen) atoms. The van der Waals surface area contributed by atoms with Gasteiger partial charge in [-0.3, -0.25) is 0 Å². The molecule has 0 unspecified atom stereocenters. The average molecular weight is 437 g/mol. The maximum atomic E-state index is 8.65. The fourth-order valence-electron chi connectivity index (χ4n) is 1.96. The van der Waals surface area contributed by atoms with E-state index < -0.39 is 0 Å². The van der Waals surface area contributed by atoms with Gasteiger partial charge in [0.1, 0.15) is 6.61 Å². The fraction of sp³-hybridized carbons (Fsp3) is 0.167. The molecule has 2 aromatic carbocycles. The molecular weight excluding hydrogens is 422 g/mol. The summed E-state index contributed by atoms with van der Waals surface area (Å²) in [5, 5.41) is 8.65. The third-order valence-electron chi connectivity index (χ3n) is 2.98. The smallest absolute Gasteiger partial charge is 0.175 e. The molecule has 0 radical (unpaired) electrons. The number of allylic oxidation sites excluding steroid dienone is 1. The molecule has 0 bridgehead atoms. The van der Waals surface area contributed by atoms with Crippen LogP contribution in [-0.2, 0) is 6.61 Å². The lowest BCUT2D eigenvalue weighted by Crippen LogP contribution is -2.01. The number of hydrogen-bond donors (Lipinski definition) is 0. The summed E-state index contributed by atoms with van der Waals surface area (Å²) < 4.78 is 13.4. The summed E-state index contributed by atoms with van der Waals surface area (Å²) in [5.74, 6) is 1.31. The van der Waals surface area contributed by atoms with Crippen molar-refractivity contribution in [3.05, 3.63) is 62.5 Å². The van der Waals surface area contributed by atoms with E-state index in [0.717, 1.165) is 20.1 Å². The van der Waals surface area contributed by atoms with Gasteiger partial charge in [-0.15, -0.1) is 0 Å². The minimum absolute atomic E-state index is 0.444. The van der Waals surface area contributed by atoms with Crippen LogP contribution in [0, 0.1) is 11.3 Å². The second kappa shape index (κ2) is 8.76. The molecule has 3 nitrogen and oxygen atoms in total. The topological polar surface area (TPSA) is 42.2 Å². The van der Waals surface area contributed by atoms with E-state index in [0.29, 0.717) is 24.7 Å². The first kappa shape index (κ1) is 17.6. The molecule has 2 aromatic rings. The Kier molecular flexibility index (Phi) is 6.69. The van der Waals surface area contributed by atoms with Crippen molar-refractivity contribution >= 4 is 37.9 Å². The van der Waals surface area contributed by atoms with Crippen LogP contribution in [0.4, 0.5) is 0 Å². The first-order valence-corrected chi connectivity index (χ1v) is 8.62. The van der Waals surface area contributed by atoms with Crippen molar-refractivity contribution in [1.82, 2.24) is 0 Å². The van der Waals surface area contributed by atoms with E-state index in [1.165, 1.54) is 6.08 Å². The van der Waals surface area contributed by atoms with Crippen LogP contribution >= 0.6 is 31.9 Å². The van der Waals surface area contributed by atoms with Gasteiger partial charge in [0.2, 0.25) is 0 Å². The van der Waals surface area contributed by atoms with Crippen LogP contribution in [0.25, 0.3) is 6.08 Å². The summed E-state index contributed by atoms with van der Waals surface area (Å²) in [6.45, 7) is 2.90. The lowest BCUT2D eigenvalue weighted by molar-refractivity contribution is 0.267. The fourth-order valence-corrected chi connectivity index (χ4v) is 2.80. The highest BCUT2D eigenvalue weighted by Crippen LogP contribution is 2.37. The summed E-state index contributed by atoms with van der Waals surface area (Å²) in [7, 11) is 0. The molecule has 0 fully saturated rings. The van der Waals surface area contributed by atoms with Crippen LogP contribution in [-0.4, -0.2) is 6.61 Å². The van der Waals surface area contributed by atoms with Crippen molar-refractivity contribution in [2.45, 2.75) is 13.5 Å². The number of benzene rings is 2. The summed E-state index contributed by atoms with van der Waals surface area (Å²) >= 11 is 6.93. The van der Waals surface area contributed by atoms with Gasteiger partial charge in [-0.25, -0.2) is 0 Å². The minimum Gasteiger partial charge on any atom is -0.490 e. The monoisotopic (exact) mass is 435 g/mol. The highest BCUT2D eigenvalue weighted by molar-refractivity contribution is 9.10. The number of nitriles is 1. The zero-order valence-electron chi connectivity index (χ0n) is 12.6. The number of hydrogen-bond acceptors (Lipinski definition) is 3. The minimum atomic E-state index is 0.444. The quantitative estimate of drug-likeness (QED) is 0.543. The molecule has 0 amide bonds. The van der Waals surface area contributed by atoms with E-state index in [2.05, 4.69) is 31.9 Å². The molecule has 0 N–H and O–H groups in total. The third kappa shape index (κ3) is 5.12. The molecule has 0 atom stereocenters. The first-order chi connectivity index (χ1) is 11.1. The first-order valence-electron chi connectivity index (χ1n) is 7.03. The van der Waals surface area contributed by atoms with Crippen LogP contribution in [0.15, 0.2) is 51.4 Å². The number of ether oxygens (including phenoxy) is 2. The molecule has 0 aliphatic carbocycles. The van der Waals surface area contributed by atoms with Gasteiger partial charge in [0, 0.05) is 10.5 Å². The van der Waals surface area contributed by atoms with Crippen LogP contribution in [0.1, 0.15) is 18.1 Å². The Balaban J connectivity index is 2.24. The Bertz CT molecular complexity index is 734. The van der Waals surface area contributed by atoms with Crippen LogP contribution in [0.5, 0.6) is 11.5 Å². The summed E-state index contributed by atoms with van der Waals surface area (Å²) in [6.07, 6.45) is 3.16. The van der Waals surface area contributed by atoms with E-state index in [1.54, 1.807) is 6.08 Å². The average Bonchev–Trinajstić information content (AvgIpc) is 2.54. The molecule has 2 rings (SSSR count). The molecule has 0 aliphatic rings. The predicted molar refractivity (Wildman–Crippen MR) is 98.4 cm³/mol. The van der Waals surface area contributed by atoms with Gasteiger partial charge in [-0.1, -0.05) is 28.1 Å². The van der Waals surface area contributed by atoms with Crippen molar-refractivity contribution < 1.29 is 9.47 Å². The molecule has 0 aromatic heterocycles. The van der Waals surface area contributed by atoms with E-state index in [-0.39, 0.29) is 0 Å². The van der Waals surface area contributed by atoms with Gasteiger partial charge in [0.25, 0.3) is 0 Å². The maximum absolute atomic E-state index is 8.65. The molecule has 0 spiro atoms. The van der Waals surface area contributed by atoms with Gasteiger partial charge >= 0.3 is 0 Å². The lowest BCUT2D eigenvalue weighted by Gasteiger charge is -2.15. The SMILES string of the molecule is CCOc1cc(/C=C/C#N)cc(Br)c1OCc1ccc(Br)cc1. The Labute approximate surface area is 152 Å². The Morgan fingerprint density at radius 3 is 2.52 bits per heavy atom. The van der Waals surface area contributed by atoms with E-state index in [1.807, 2.05) is 49.4 Å². The van der Waals surface area contributed by atoms with Crippen molar-refractivity contribution in [1.29, 1.82) is 5.26 Å². The van der Waals surface area contributed by atoms with Crippen molar-refractivity contribution in [3.8, 4) is 17.6 Å². The van der Waals surface area contributed by atoms with E-state index >= 15 is 0 Å². The summed E-state index contributed by atoms with van der Waals surface area (Å²) in [5.41, 5.74) is 1.94. The van der Waals surface area contributed by atoms with E-state index in [4.69, 9.17) is 14.7 Å². The molecule has 0 aliphatic heterocycles. The lowest BCUT2D eigenvalue weighted by atomic mass is 10.2. The van der Waals surface area contributed by atoms with Crippen LogP contribution < -0.4 is 9.47 Å². The zero-order chi connectivity index (χ0) is 16.7. The number of rotatable bonds is 6. The normalized spacial score (nSPS) is 10.5. The van der Waals surface area contributed by atoms with Crippen molar-refractivity contribution in [2.75, 3.05) is 6.61 Å². The highest BCUT2D eigenvalue weighted by atomic mass is 79.9. The second-order valence-corrected chi connectivity index (χ2v) is 6.41. The van der Waals surface area contributed by atoms with Gasteiger partial charge in [0.05, 0.1) is 17.1 Å². The third-order valence-corrected chi connectivity index (χ3v) is 4.10. The zero-order valence-corrected chi connectivity index (χ0v) is 15.7. The highest BCUT2D eigenvalue weighted by Gasteiger charge is 2.12. The Morgan fingerprint density at radius 1 is 1.13 bits per heavy atom. The molecular formula is C18H15Br2NO2. The van der Waals surface area contributed by atoms with E-state index in [9.17, 15) is 0 Å². The van der Waals surface area contributed by atoms with Gasteiger partial charge in [-0.2, -0.15) is 5.26 Å². The Hall–Kier alpha value is -1.77. The Morgan fingerprint density at radius 2 is 1.87 bits per heavy atom. The summed E-state index contributed by atoms with van der Waals surface area (Å²) in [4.78, 5) is 0. The maximum Gasteiger partial charge on any atom is 0.175 e. The largest absolute Gasteiger partial charge is 0.490 e. The molecule has 118 valence electrons. The second-order valence-electron chi connectivity index (χ2n) is 4.64. The number of halogens is 2. The molecule has 5 heteroatoms.